The molecule has 3 rings (SSSR count). The maximum atomic E-state index is 12.8. The molecular formula is C18H23NO3. The summed E-state index contributed by atoms with van der Waals surface area (Å²) in [6, 6.07) is 9.97. The third kappa shape index (κ3) is 3.16. The number of carbonyl (C=O) groups is 2. The minimum absolute atomic E-state index is 0.0365. The Kier molecular flexibility index (Phi) is 4.46. The van der Waals surface area contributed by atoms with Crippen molar-refractivity contribution in [2.75, 3.05) is 6.54 Å². The molecule has 0 heterocycles. The summed E-state index contributed by atoms with van der Waals surface area (Å²) in [5.41, 5.74) is 1.11. The van der Waals surface area contributed by atoms with Crippen molar-refractivity contribution in [2.24, 2.45) is 17.8 Å². The van der Waals surface area contributed by atoms with Gasteiger partial charge in [0, 0.05) is 13.1 Å². The Hall–Kier alpha value is -1.84. The number of carbonyl (C=O) groups excluding carboxylic acids is 1. The molecule has 2 fully saturated rings. The molecule has 2 aliphatic rings. The lowest BCUT2D eigenvalue weighted by molar-refractivity contribution is -0.157. The molecular weight excluding hydrogens is 278 g/mol. The van der Waals surface area contributed by atoms with Crippen molar-refractivity contribution in [1.29, 1.82) is 0 Å². The Bertz CT molecular complexity index is 539. The average molecular weight is 301 g/mol. The molecule has 2 saturated carbocycles. The summed E-state index contributed by atoms with van der Waals surface area (Å²) in [7, 11) is 0. The van der Waals surface area contributed by atoms with Crippen molar-refractivity contribution in [3.05, 3.63) is 35.9 Å². The van der Waals surface area contributed by atoms with Gasteiger partial charge in [-0.1, -0.05) is 36.8 Å². The Morgan fingerprint density at radius 1 is 1.05 bits per heavy atom. The molecule has 1 aromatic rings. The van der Waals surface area contributed by atoms with Crippen LogP contribution in [0.25, 0.3) is 0 Å². The Balaban J connectivity index is 1.69. The first kappa shape index (κ1) is 15.1. The van der Waals surface area contributed by atoms with Crippen LogP contribution in [0.15, 0.2) is 30.3 Å². The molecule has 22 heavy (non-hydrogen) atoms. The van der Waals surface area contributed by atoms with E-state index >= 15 is 0 Å². The molecule has 0 spiro atoms. The summed E-state index contributed by atoms with van der Waals surface area (Å²) in [5, 5.41) is 9.19. The number of aliphatic carboxylic acids is 1. The van der Waals surface area contributed by atoms with Crippen LogP contribution in [-0.4, -0.2) is 28.4 Å². The van der Waals surface area contributed by atoms with Crippen molar-refractivity contribution in [1.82, 2.24) is 4.90 Å². The minimum Gasteiger partial charge on any atom is -0.481 e. The summed E-state index contributed by atoms with van der Waals surface area (Å²) in [6.45, 7) is 1.37. The summed E-state index contributed by atoms with van der Waals surface area (Å²) >= 11 is 0. The number of amides is 1. The van der Waals surface area contributed by atoms with E-state index in [2.05, 4.69) is 0 Å². The fourth-order valence-corrected chi connectivity index (χ4v) is 3.35. The van der Waals surface area contributed by atoms with Crippen molar-refractivity contribution < 1.29 is 14.7 Å². The molecule has 2 aliphatic carbocycles. The molecule has 0 radical (unpaired) electrons. The predicted octanol–water partition coefficient (Wildman–Crippen LogP) is 2.93. The van der Waals surface area contributed by atoms with Gasteiger partial charge in [-0.15, -0.1) is 0 Å². The summed E-state index contributed by atoms with van der Waals surface area (Å²) < 4.78 is 0. The van der Waals surface area contributed by atoms with Gasteiger partial charge in [-0.3, -0.25) is 9.59 Å². The largest absolute Gasteiger partial charge is 0.481 e. The third-order valence-electron chi connectivity index (χ3n) is 5.14. The van der Waals surface area contributed by atoms with E-state index in [9.17, 15) is 14.7 Å². The van der Waals surface area contributed by atoms with E-state index < -0.39 is 11.9 Å². The maximum absolute atomic E-state index is 12.8. The van der Waals surface area contributed by atoms with Crippen molar-refractivity contribution >= 4 is 11.9 Å². The van der Waals surface area contributed by atoms with E-state index in [1.807, 2.05) is 35.2 Å². The van der Waals surface area contributed by atoms with E-state index in [1.54, 1.807) is 0 Å². The lowest BCUT2D eigenvalue weighted by Crippen LogP contribution is -2.47. The van der Waals surface area contributed by atoms with Crippen LogP contribution in [0.1, 0.15) is 37.7 Å². The number of hydrogen-bond donors (Lipinski definition) is 1. The van der Waals surface area contributed by atoms with E-state index in [4.69, 9.17) is 0 Å². The van der Waals surface area contributed by atoms with Crippen LogP contribution in [-0.2, 0) is 16.1 Å². The lowest BCUT2D eigenvalue weighted by Gasteiger charge is -2.39. The third-order valence-corrected chi connectivity index (χ3v) is 5.14. The molecule has 0 saturated heterocycles. The standard InChI is InChI=1S/C18H23NO3/c20-17(15-9-10-16(15)18(21)22)19(12-14-7-4-8-14)11-13-5-2-1-3-6-13/h1-3,5-6,14-16H,4,7-12H2,(H,21,22). The minimum atomic E-state index is -0.826. The molecule has 2 atom stereocenters. The second-order valence-corrected chi connectivity index (χ2v) is 6.63. The number of nitrogens with zero attached hydrogens (tertiary/aromatic N) is 1. The van der Waals surface area contributed by atoms with Crippen molar-refractivity contribution in [3.8, 4) is 0 Å². The first-order chi connectivity index (χ1) is 10.6. The van der Waals surface area contributed by atoms with E-state index in [0.29, 0.717) is 25.3 Å². The van der Waals surface area contributed by atoms with Crippen LogP contribution in [0.2, 0.25) is 0 Å². The average Bonchev–Trinajstić information content (AvgIpc) is 2.40. The molecule has 118 valence electrons. The molecule has 4 heteroatoms. The van der Waals surface area contributed by atoms with E-state index in [1.165, 1.54) is 19.3 Å². The fraction of sp³-hybridized carbons (Fsp3) is 0.556. The summed E-state index contributed by atoms with van der Waals surface area (Å²) in [6.07, 6.45) is 4.97. The zero-order valence-electron chi connectivity index (χ0n) is 12.8. The first-order valence-electron chi connectivity index (χ1n) is 8.20. The quantitative estimate of drug-likeness (QED) is 0.879. The number of carboxylic acid groups (broad SMARTS) is 1. The Morgan fingerprint density at radius 3 is 2.23 bits per heavy atom. The van der Waals surface area contributed by atoms with Gasteiger partial charge in [-0.2, -0.15) is 0 Å². The molecule has 2 unspecified atom stereocenters. The molecule has 0 aromatic heterocycles. The smallest absolute Gasteiger partial charge is 0.307 e. The van der Waals surface area contributed by atoms with Crippen LogP contribution >= 0.6 is 0 Å². The van der Waals surface area contributed by atoms with Gasteiger partial charge >= 0.3 is 5.97 Å². The highest BCUT2D eigenvalue weighted by atomic mass is 16.4. The second kappa shape index (κ2) is 6.51. The van der Waals surface area contributed by atoms with Gasteiger partial charge in [0.1, 0.15) is 0 Å². The monoisotopic (exact) mass is 301 g/mol. The van der Waals surface area contributed by atoms with Gasteiger partial charge in [0.25, 0.3) is 0 Å². The van der Waals surface area contributed by atoms with Crippen LogP contribution in [0.4, 0.5) is 0 Å². The lowest BCUT2D eigenvalue weighted by atomic mass is 9.72. The van der Waals surface area contributed by atoms with Gasteiger partial charge in [-0.25, -0.2) is 0 Å². The van der Waals surface area contributed by atoms with E-state index in [-0.39, 0.29) is 11.8 Å². The zero-order valence-corrected chi connectivity index (χ0v) is 12.8. The Labute approximate surface area is 131 Å². The molecule has 1 amide bonds. The van der Waals surface area contributed by atoms with Crippen LogP contribution < -0.4 is 0 Å². The molecule has 0 aliphatic heterocycles. The van der Waals surface area contributed by atoms with Gasteiger partial charge in [-0.05, 0) is 37.2 Å². The first-order valence-corrected chi connectivity index (χ1v) is 8.20. The number of benzene rings is 1. The van der Waals surface area contributed by atoms with E-state index in [0.717, 1.165) is 12.1 Å². The molecule has 4 nitrogen and oxygen atoms in total. The molecule has 1 N–H and O–H groups in total. The van der Waals surface area contributed by atoms with Crippen molar-refractivity contribution in [3.63, 3.8) is 0 Å². The summed E-state index contributed by atoms with van der Waals surface area (Å²) in [4.78, 5) is 25.9. The van der Waals surface area contributed by atoms with Gasteiger partial charge in [0.15, 0.2) is 0 Å². The maximum Gasteiger partial charge on any atom is 0.307 e. The Morgan fingerprint density at radius 2 is 1.73 bits per heavy atom. The highest BCUT2D eigenvalue weighted by Crippen LogP contribution is 2.37. The van der Waals surface area contributed by atoms with Crippen LogP contribution in [0.5, 0.6) is 0 Å². The van der Waals surface area contributed by atoms with Crippen LogP contribution in [0.3, 0.4) is 0 Å². The predicted molar refractivity (Wildman–Crippen MR) is 83.0 cm³/mol. The number of rotatable bonds is 6. The number of carboxylic acids is 1. The molecule has 1 aromatic carbocycles. The highest BCUT2D eigenvalue weighted by Gasteiger charge is 2.43. The van der Waals surface area contributed by atoms with Gasteiger partial charge in [0.2, 0.25) is 5.91 Å². The fourth-order valence-electron chi connectivity index (χ4n) is 3.35. The van der Waals surface area contributed by atoms with Gasteiger partial charge in [0.05, 0.1) is 11.8 Å². The highest BCUT2D eigenvalue weighted by molar-refractivity contribution is 5.86. The van der Waals surface area contributed by atoms with Crippen molar-refractivity contribution in [2.45, 2.75) is 38.6 Å². The van der Waals surface area contributed by atoms with Gasteiger partial charge < -0.3 is 10.0 Å². The topological polar surface area (TPSA) is 57.6 Å². The number of hydrogen-bond acceptors (Lipinski definition) is 2. The van der Waals surface area contributed by atoms with Crippen LogP contribution in [0, 0.1) is 17.8 Å². The second-order valence-electron chi connectivity index (χ2n) is 6.63. The summed E-state index contributed by atoms with van der Waals surface area (Å²) in [5.74, 6) is -0.994. The SMILES string of the molecule is O=C(O)C1CCC1C(=O)N(Cc1ccccc1)CC1CCC1. The zero-order chi connectivity index (χ0) is 15.5. The molecule has 0 bridgehead atoms. The normalized spacial score (nSPS) is 24.2.